The molecule has 20 heavy (non-hydrogen) atoms. The minimum atomic E-state index is 0.294. The number of ether oxygens (including phenoxy) is 1. The predicted octanol–water partition coefficient (Wildman–Crippen LogP) is 4.61. The zero-order valence-corrected chi connectivity index (χ0v) is 13.6. The molecule has 2 aliphatic rings. The van der Waals surface area contributed by atoms with Gasteiger partial charge >= 0.3 is 0 Å². The largest absolute Gasteiger partial charge is 0.370 e. The van der Waals surface area contributed by atoms with Crippen LogP contribution in [0.5, 0.6) is 0 Å². The summed E-state index contributed by atoms with van der Waals surface area (Å²) in [6.45, 7) is 7.26. The molecular weight excluding hydrogens is 248 g/mol. The number of hydrogen-bond donors (Lipinski definition) is 0. The molecule has 2 aliphatic carbocycles. The molecule has 0 N–H and O–H groups in total. The number of Topliss-reactive ketones (excluding diaryl/α,β-unsaturated/α-hetero) is 1. The van der Waals surface area contributed by atoms with Gasteiger partial charge < -0.3 is 4.74 Å². The summed E-state index contributed by atoms with van der Waals surface area (Å²) in [5, 5.41) is 0. The summed E-state index contributed by atoms with van der Waals surface area (Å²) >= 11 is 0. The van der Waals surface area contributed by atoms with Crippen LogP contribution in [0.4, 0.5) is 0 Å². The molecule has 0 aromatic rings. The van der Waals surface area contributed by atoms with Crippen molar-refractivity contribution >= 4 is 5.78 Å². The fourth-order valence-electron chi connectivity index (χ4n) is 4.04. The topological polar surface area (TPSA) is 26.3 Å². The van der Waals surface area contributed by atoms with E-state index in [4.69, 9.17) is 4.74 Å². The molecule has 0 radical (unpaired) electrons. The first-order valence-corrected chi connectivity index (χ1v) is 8.72. The highest BCUT2D eigenvalue weighted by Gasteiger charge is 2.32. The van der Waals surface area contributed by atoms with Crippen molar-refractivity contribution < 1.29 is 9.53 Å². The van der Waals surface area contributed by atoms with Gasteiger partial charge in [-0.25, -0.2) is 0 Å². The van der Waals surface area contributed by atoms with E-state index in [0.29, 0.717) is 36.2 Å². The minimum absolute atomic E-state index is 0.294. The Bertz CT molecular complexity index is 305. The van der Waals surface area contributed by atoms with Gasteiger partial charge in [0.25, 0.3) is 0 Å². The van der Waals surface area contributed by atoms with Gasteiger partial charge in [0.05, 0.1) is 6.10 Å². The van der Waals surface area contributed by atoms with E-state index in [9.17, 15) is 4.79 Å². The maximum atomic E-state index is 12.3. The number of hydrogen-bond acceptors (Lipinski definition) is 2. The molecule has 0 saturated heterocycles. The second-order valence-corrected chi connectivity index (χ2v) is 7.48. The average Bonchev–Trinajstić information content (AvgIpc) is 2.45. The molecule has 2 rings (SSSR count). The molecule has 2 saturated carbocycles. The summed E-state index contributed by atoms with van der Waals surface area (Å²) in [6, 6.07) is 0. The quantitative estimate of drug-likeness (QED) is 0.735. The van der Waals surface area contributed by atoms with Crippen LogP contribution in [0.2, 0.25) is 0 Å². The third kappa shape index (κ3) is 4.31. The van der Waals surface area contributed by atoms with E-state index in [1.54, 1.807) is 0 Å². The summed E-state index contributed by atoms with van der Waals surface area (Å²) in [6.07, 6.45) is 9.98. The van der Waals surface area contributed by atoms with Crippen molar-refractivity contribution in [3.63, 3.8) is 0 Å². The van der Waals surface area contributed by atoms with Crippen molar-refractivity contribution in [3.05, 3.63) is 0 Å². The van der Waals surface area contributed by atoms with Crippen LogP contribution in [0.25, 0.3) is 0 Å². The molecule has 2 nitrogen and oxygen atoms in total. The van der Waals surface area contributed by atoms with Crippen LogP contribution >= 0.6 is 0 Å². The molecule has 0 amide bonds. The molecule has 0 heterocycles. The second kappa shape index (κ2) is 7.59. The summed E-state index contributed by atoms with van der Waals surface area (Å²) in [4.78, 5) is 12.3. The molecule has 0 aromatic heterocycles. The molecule has 0 aromatic carbocycles. The average molecular weight is 280 g/mol. The summed E-state index contributed by atoms with van der Waals surface area (Å²) in [7, 11) is 0. The predicted molar refractivity (Wildman–Crippen MR) is 82.7 cm³/mol. The molecule has 0 aliphatic heterocycles. The Morgan fingerprint density at radius 2 is 1.80 bits per heavy atom. The molecule has 3 atom stereocenters. The van der Waals surface area contributed by atoms with E-state index in [2.05, 4.69) is 20.8 Å². The van der Waals surface area contributed by atoms with Crippen LogP contribution < -0.4 is 0 Å². The van der Waals surface area contributed by atoms with Gasteiger partial charge in [0.1, 0.15) is 6.61 Å². The molecule has 2 fully saturated rings. The third-order valence-corrected chi connectivity index (χ3v) is 5.46. The molecule has 3 unspecified atom stereocenters. The van der Waals surface area contributed by atoms with Crippen molar-refractivity contribution in [2.45, 2.75) is 78.2 Å². The van der Waals surface area contributed by atoms with Crippen molar-refractivity contribution in [1.29, 1.82) is 0 Å². The number of carbonyl (C=O) groups excluding carboxylic acids is 1. The van der Waals surface area contributed by atoms with Crippen LogP contribution in [-0.4, -0.2) is 18.5 Å². The van der Waals surface area contributed by atoms with Crippen LogP contribution in [0.15, 0.2) is 0 Å². The second-order valence-electron chi connectivity index (χ2n) is 7.48. The first-order chi connectivity index (χ1) is 9.58. The van der Waals surface area contributed by atoms with E-state index in [1.165, 1.54) is 32.1 Å². The van der Waals surface area contributed by atoms with Crippen LogP contribution in [0, 0.1) is 23.7 Å². The van der Waals surface area contributed by atoms with Gasteiger partial charge in [-0.05, 0) is 43.4 Å². The van der Waals surface area contributed by atoms with E-state index in [0.717, 1.165) is 25.2 Å². The Labute approximate surface area is 124 Å². The van der Waals surface area contributed by atoms with Gasteiger partial charge in [-0.3, -0.25) is 4.79 Å². The van der Waals surface area contributed by atoms with E-state index < -0.39 is 0 Å². The monoisotopic (exact) mass is 280 g/mol. The van der Waals surface area contributed by atoms with Crippen molar-refractivity contribution in [2.75, 3.05) is 6.61 Å². The lowest BCUT2D eigenvalue weighted by Gasteiger charge is -2.37. The Kier molecular flexibility index (Phi) is 6.07. The third-order valence-electron chi connectivity index (χ3n) is 5.46. The molecule has 0 spiro atoms. The molecular formula is C18H32O2. The highest BCUT2D eigenvalue weighted by atomic mass is 16.5. The lowest BCUT2D eigenvalue weighted by molar-refractivity contribution is -0.134. The van der Waals surface area contributed by atoms with Crippen molar-refractivity contribution in [3.8, 4) is 0 Å². The SMILES string of the molecule is CC1CCC(C(C)C)C(OCC(=O)C2CCCCC2)C1. The lowest BCUT2D eigenvalue weighted by atomic mass is 9.75. The van der Waals surface area contributed by atoms with E-state index in [-0.39, 0.29) is 0 Å². The first kappa shape index (κ1) is 16.0. The number of rotatable bonds is 5. The fourth-order valence-corrected chi connectivity index (χ4v) is 4.04. The van der Waals surface area contributed by atoms with Crippen LogP contribution in [0.3, 0.4) is 0 Å². The van der Waals surface area contributed by atoms with E-state index in [1.807, 2.05) is 0 Å². The van der Waals surface area contributed by atoms with Gasteiger partial charge in [-0.1, -0.05) is 46.5 Å². The normalized spacial score (nSPS) is 32.5. The number of ketones is 1. The van der Waals surface area contributed by atoms with Gasteiger partial charge in [0.15, 0.2) is 5.78 Å². The molecule has 116 valence electrons. The highest BCUT2D eigenvalue weighted by Crippen LogP contribution is 2.35. The van der Waals surface area contributed by atoms with Crippen LogP contribution in [-0.2, 0) is 9.53 Å². The van der Waals surface area contributed by atoms with Gasteiger partial charge in [-0.2, -0.15) is 0 Å². The maximum absolute atomic E-state index is 12.3. The fraction of sp³-hybridized carbons (Fsp3) is 0.944. The van der Waals surface area contributed by atoms with Crippen LogP contribution in [0.1, 0.15) is 72.1 Å². The summed E-state index contributed by atoms with van der Waals surface area (Å²) < 4.78 is 6.09. The standard InChI is InChI=1S/C18H32O2/c1-13(2)16-10-9-14(3)11-18(16)20-12-17(19)15-7-5-4-6-8-15/h13-16,18H,4-12H2,1-3H3. The zero-order valence-electron chi connectivity index (χ0n) is 13.6. The Hall–Kier alpha value is -0.370. The molecule has 2 heteroatoms. The van der Waals surface area contributed by atoms with Gasteiger partial charge in [0.2, 0.25) is 0 Å². The van der Waals surface area contributed by atoms with E-state index >= 15 is 0 Å². The Morgan fingerprint density at radius 1 is 1.10 bits per heavy atom. The highest BCUT2D eigenvalue weighted by molar-refractivity contribution is 5.82. The first-order valence-electron chi connectivity index (χ1n) is 8.72. The Morgan fingerprint density at radius 3 is 2.45 bits per heavy atom. The smallest absolute Gasteiger partial charge is 0.161 e. The van der Waals surface area contributed by atoms with Crippen molar-refractivity contribution in [1.82, 2.24) is 0 Å². The van der Waals surface area contributed by atoms with Gasteiger partial charge in [-0.15, -0.1) is 0 Å². The zero-order chi connectivity index (χ0) is 14.5. The van der Waals surface area contributed by atoms with Gasteiger partial charge in [0, 0.05) is 5.92 Å². The Balaban J connectivity index is 1.82. The molecule has 0 bridgehead atoms. The lowest BCUT2D eigenvalue weighted by Crippen LogP contribution is -2.36. The maximum Gasteiger partial charge on any atom is 0.161 e. The number of carbonyl (C=O) groups is 1. The minimum Gasteiger partial charge on any atom is -0.370 e. The summed E-state index contributed by atoms with van der Waals surface area (Å²) in [5.41, 5.74) is 0. The summed E-state index contributed by atoms with van der Waals surface area (Å²) in [5.74, 6) is 2.72. The van der Waals surface area contributed by atoms with Crippen molar-refractivity contribution in [2.24, 2.45) is 23.7 Å².